The number of thioether (sulfide) groups is 1. The van der Waals surface area contributed by atoms with Crippen LogP contribution in [0.25, 0.3) is 0 Å². The summed E-state index contributed by atoms with van der Waals surface area (Å²) in [5.41, 5.74) is 1.10. The number of halogens is 3. The molecule has 3 aliphatic rings. The van der Waals surface area contributed by atoms with Crippen LogP contribution in [0.15, 0.2) is 47.6 Å². The molecule has 0 bridgehead atoms. The molecule has 0 spiro atoms. The number of hydrogen-bond donors (Lipinski definition) is 3. The van der Waals surface area contributed by atoms with Crippen LogP contribution in [0.2, 0.25) is 0 Å². The van der Waals surface area contributed by atoms with Gasteiger partial charge < -0.3 is 25.6 Å². The Kier molecular flexibility index (Phi) is 8.42. The second-order valence-electron chi connectivity index (χ2n) is 11.5. The van der Waals surface area contributed by atoms with Crippen molar-refractivity contribution in [3.8, 4) is 5.75 Å². The van der Waals surface area contributed by atoms with Crippen LogP contribution in [0.5, 0.6) is 5.75 Å². The third kappa shape index (κ3) is 6.78. The molecule has 232 valence electrons. The van der Waals surface area contributed by atoms with Crippen LogP contribution in [-0.2, 0) is 11.0 Å². The fourth-order valence-electron chi connectivity index (χ4n) is 5.28. The molecular formula is C31H33F3N6O3S. The van der Waals surface area contributed by atoms with Crippen molar-refractivity contribution >= 4 is 40.8 Å². The second-order valence-corrected chi connectivity index (χ2v) is 12.6. The van der Waals surface area contributed by atoms with Gasteiger partial charge in [0.05, 0.1) is 22.1 Å². The van der Waals surface area contributed by atoms with Crippen molar-refractivity contribution in [2.24, 2.45) is 0 Å². The van der Waals surface area contributed by atoms with Gasteiger partial charge in [0.15, 0.2) is 0 Å². The molecule has 9 nitrogen and oxygen atoms in total. The smallest absolute Gasteiger partial charge is 0.419 e. The Morgan fingerprint density at radius 1 is 1.02 bits per heavy atom. The molecule has 44 heavy (non-hydrogen) atoms. The number of alkyl halides is 3. The highest BCUT2D eigenvalue weighted by atomic mass is 32.2. The molecule has 3 heterocycles. The number of likely N-dealkylation sites (tertiary alicyclic amines) is 1. The van der Waals surface area contributed by atoms with Crippen LogP contribution in [0.1, 0.15) is 58.8 Å². The van der Waals surface area contributed by atoms with Gasteiger partial charge in [0.2, 0.25) is 5.91 Å². The lowest BCUT2D eigenvalue weighted by atomic mass is 10.1. The Bertz CT molecular complexity index is 1570. The van der Waals surface area contributed by atoms with Gasteiger partial charge in [0.25, 0.3) is 5.91 Å². The summed E-state index contributed by atoms with van der Waals surface area (Å²) in [6.07, 6.45) is -0.105. The van der Waals surface area contributed by atoms with Crippen molar-refractivity contribution in [3.63, 3.8) is 0 Å². The molecule has 1 atom stereocenters. The van der Waals surface area contributed by atoms with Gasteiger partial charge in [-0.15, -0.1) is 11.8 Å². The number of aryl methyl sites for hydroxylation is 1. The standard InChI is InChI=1S/C31H33F3N6O3S/c1-17-3-5-20(14-24(17)39-30(42)22-15-44-27-26(22)35-16-36-28(27)37-19-6-7-19)38-29(41)18-4-8-25(23(13-18)31(32,33)34)43-21-9-11-40(2)12-10-21/h3-5,8,13-14,16,19,21-22H,6-7,9-12,15H2,1-2H3,(H,38,41)(H,39,42)(H,35,36,37). The van der Waals surface area contributed by atoms with Gasteiger partial charge in [-0.1, -0.05) is 6.07 Å². The van der Waals surface area contributed by atoms with Crippen molar-refractivity contribution in [2.45, 2.75) is 61.7 Å². The number of piperidine rings is 1. The number of amides is 2. The van der Waals surface area contributed by atoms with Crippen LogP contribution in [-0.4, -0.2) is 64.7 Å². The van der Waals surface area contributed by atoms with E-state index in [4.69, 9.17) is 4.74 Å². The SMILES string of the molecule is Cc1ccc(NC(=O)c2ccc(OC3CCN(C)CC3)c(C(F)(F)F)c2)cc1NC(=O)C1CSc2c(NC3CC3)ncnc21. The van der Waals surface area contributed by atoms with Crippen LogP contribution in [0.3, 0.4) is 0 Å². The lowest BCUT2D eigenvalue weighted by Gasteiger charge is -2.30. The molecule has 6 rings (SSSR count). The number of fused-ring (bicyclic) bond motifs is 1. The number of rotatable bonds is 8. The number of nitrogens with one attached hydrogen (secondary N) is 3. The minimum atomic E-state index is -4.70. The van der Waals surface area contributed by atoms with Gasteiger partial charge in [-0.2, -0.15) is 13.2 Å². The zero-order chi connectivity index (χ0) is 31.0. The molecule has 1 saturated carbocycles. The lowest BCUT2D eigenvalue weighted by molar-refractivity contribution is -0.139. The summed E-state index contributed by atoms with van der Waals surface area (Å²) in [5, 5.41) is 9.00. The molecule has 2 fully saturated rings. The van der Waals surface area contributed by atoms with Gasteiger partial charge in [-0.25, -0.2) is 9.97 Å². The molecular weight excluding hydrogens is 593 g/mol. The highest BCUT2D eigenvalue weighted by molar-refractivity contribution is 7.99. The molecule has 3 N–H and O–H groups in total. The predicted molar refractivity (Wildman–Crippen MR) is 162 cm³/mol. The van der Waals surface area contributed by atoms with Crippen LogP contribution in [0.4, 0.5) is 30.4 Å². The quantitative estimate of drug-likeness (QED) is 0.282. The summed E-state index contributed by atoms with van der Waals surface area (Å²) in [5.74, 6) is -0.435. The molecule has 1 aromatic heterocycles. The first-order valence-electron chi connectivity index (χ1n) is 14.6. The van der Waals surface area contributed by atoms with Crippen LogP contribution < -0.4 is 20.7 Å². The third-order valence-corrected chi connectivity index (χ3v) is 9.24. The zero-order valence-corrected chi connectivity index (χ0v) is 25.1. The lowest BCUT2D eigenvalue weighted by Crippen LogP contribution is -2.36. The van der Waals surface area contributed by atoms with E-state index in [-0.39, 0.29) is 23.3 Å². The van der Waals surface area contributed by atoms with Crippen molar-refractivity contribution in [1.29, 1.82) is 0 Å². The molecule has 3 aromatic rings. The molecule has 2 amide bonds. The summed E-state index contributed by atoms with van der Waals surface area (Å²) in [6, 6.07) is 8.73. The Hall–Kier alpha value is -3.84. The number of hydrogen-bond acceptors (Lipinski definition) is 8. The highest BCUT2D eigenvalue weighted by Gasteiger charge is 2.37. The fourth-order valence-corrected chi connectivity index (χ4v) is 6.52. The molecule has 2 aliphatic heterocycles. The predicted octanol–water partition coefficient (Wildman–Crippen LogP) is 5.93. The van der Waals surface area contributed by atoms with Gasteiger partial charge in [0, 0.05) is 41.8 Å². The van der Waals surface area contributed by atoms with E-state index in [9.17, 15) is 22.8 Å². The number of carbonyl (C=O) groups excluding carboxylic acids is 2. The highest BCUT2D eigenvalue weighted by Crippen LogP contribution is 2.43. The van der Waals surface area contributed by atoms with Crippen molar-refractivity contribution in [2.75, 3.05) is 41.8 Å². The minimum absolute atomic E-state index is 0.158. The largest absolute Gasteiger partial charge is 0.490 e. The number of carbonyl (C=O) groups is 2. The first-order chi connectivity index (χ1) is 21.0. The maximum atomic E-state index is 14.0. The second kappa shape index (κ2) is 12.3. The van der Waals surface area contributed by atoms with Gasteiger partial charge in [0.1, 0.15) is 24.0 Å². The summed E-state index contributed by atoms with van der Waals surface area (Å²) in [4.78, 5) is 38.1. The van der Waals surface area contributed by atoms with E-state index >= 15 is 0 Å². The molecule has 2 aromatic carbocycles. The number of ether oxygens (including phenoxy) is 1. The zero-order valence-electron chi connectivity index (χ0n) is 24.3. The van der Waals surface area contributed by atoms with Crippen molar-refractivity contribution < 1.29 is 27.5 Å². The van der Waals surface area contributed by atoms with E-state index in [1.165, 1.54) is 18.5 Å². The van der Waals surface area contributed by atoms with E-state index < -0.39 is 23.6 Å². The summed E-state index contributed by atoms with van der Waals surface area (Å²) in [6.45, 7) is 3.30. The van der Waals surface area contributed by atoms with Crippen molar-refractivity contribution in [1.82, 2.24) is 14.9 Å². The Labute approximate surface area is 257 Å². The summed E-state index contributed by atoms with van der Waals surface area (Å²) >= 11 is 1.54. The monoisotopic (exact) mass is 626 g/mol. The maximum Gasteiger partial charge on any atom is 0.419 e. The van der Waals surface area contributed by atoms with E-state index in [1.807, 2.05) is 14.0 Å². The number of nitrogens with zero attached hydrogens (tertiary/aromatic N) is 3. The van der Waals surface area contributed by atoms with E-state index in [2.05, 4.69) is 30.8 Å². The van der Waals surface area contributed by atoms with Crippen LogP contribution in [0, 0.1) is 6.92 Å². The van der Waals surface area contributed by atoms with Crippen molar-refractivity contribution in [3.05, 3.63) is 65.1 Å². The molecule has 1 saturated heterocycles. The van der Waals surface area contributed by atoms with E-state index in [0.717, 1.165) is 48.3 Å². The van der Waals surface area contributed by atoms with Crippen LogP contribution >= 0.6 is 11.8 Å². The summed E-state index contributed by atoms with van der Waals surface area (Å²) in [7, 11) is 1.96. The first-order valence-corrected chi connectivity index (χ1v) is 15.6. The topological polar surface area (TPSA) is 108 Å². The number of benzene rings is 2. The normalized spacial score (nSPS) is 18.9. The van der Waals surface area contributed by atoms with E-state index in [0.29, 0.717) is 41.7 Å². The van der Waals surface area contributed by atoms with E-state index in [1.54, 1.807) is 30.0 Å². The third-order valence-electron chi connectivity index (χ3n) is 8.05. The van der Waals surface area contributed by atoms with Gasteiger partial charge >= 0.3 is 6.18 Å². The first kappa shape index (κ1) is 30.2. The Balaban J connectivity index is 1.15. The summed E-state index contributed by atoms with van der Waals surface area (Å²) < 4.78 is 47.7. The average molecular weight is 627 g/mol. The maximum absolute atomic E-state index is 14.0. The molecule has 1 aliphatic carbocycles. The van der Waals surface area contributed by atoms with Gasteiger partial charge in [-0.3, -0.25) is 9.59 Å². The Morgan fingerprint density at radius 2 is 1.80 bits per heavy atom. The minimum Gasteiger partial charge on any atom is -0.490 e. The van der Waals surface area contributed by atoms with Gasteiger partial charge in [-0.05, 0) is 75.5 Å². The molecule has 13 heteroatoms. The number of aromatic nitrogens is 2. The molecule has 1 unspecified atom stereocenters. The molecule has 0 radical (unpaired) electrons. The average Bonchev–Trinajstić information content (AvgIpc) is 3.70. The Morgan fingerprint density at radius 3 is 2.52 bits per heavy atom. The fraction of sp³-hybridized carbons (Fsp3) is 0.419. The number of anilines is 3.